The lowest BCUT2D eigenvalue weighted by Crippen LogP contribution is -2.29. The van der Waals surface area contributed by atoms with Crippen LogP contribution >= 0.6 is 24.0 Å². The molecule has 0 saturated carbocycles. The van der Waals surface area contributed by atoms with Crippen molar-refractivity contribution in [3.63, 3.8) is 0 Å². The Morgan fingerprint density at radius 1 is 1.22 bits per heavy atom. The fourth-order valence-electron chi connectivity index (χ4n) is 2.93. The zero-order valence-electron chi connectivity index (χ0n) is 14.8. The van der Waals surface area contributed by atoms with Crippen molar-refractivity contribution in [3.05, 3.63) is 64.6 Å². The number of hydrogen-bond donors (Lipinski definition) is 1. The molecule has 4 nitrogen and oxygen atoms in total. The second kappa shape index (κ2) is 8.50. The molecule has 0 atom stereocenters. The molecular formula is C21H19NO3S2. The fourth-order valence-corrected chi connectivity index (χ4v) is 4.23. The minimum atomic E-state index is -0.871. The molecule has 0 spiro atoms. The second-order valence-corrected chi connectivity index (χ2v) is 7.95. The summed E-state index contributed by atoms with van der Waals surface area (Å²) in [5.74, 6) is -1.03. The van der Waals surface area contributed by atoms with Crippen molar-refractivity contribution in [2.24, 2.45) is 0 Å². The SMILES string of the molecule is Cc1ccccc1-c1cccc(C=C2SC(=S)N(CCCC(=O)O)C2=O)c1. The number of amides is 1. The van der Waals surface area contributed by atoms with Crippen LogP contribution < -0.4 is 0 Å². The van der Waals surface area contributed by atoms with Crippen molar-refractivity contribution in [1.82, 2.24) is 4.90 Å². The van der Waals surface area contributed by atoms with Crippen LogP contribution in [0, 0.1) is 6.92 Å². The summed E-state index contributed by atoms with van der Waals surface area (Å²) in [6, 6.07) is 16.2. The average molecular weight is 398 g/mol. The van der Waals surface area contributed by atoms with E-state index in [0.717, 1.165) is 16.7 Å². The molecule has 1 N–H and O–H groups in total. The van der Waals surface area contributed by atoms with E-state index in [2.05, 4.69) is 31.2 Å². The van der Waals surface area contributed by atoms with Crippen LogP contribution in [0.15, 0.2) is 53.4 Å². The number of carboxylic acid groups (broad SMARTS) is 1. The molecule has 1 saturated heterocycles. The summed E-state index contributed by atoms with van der Waals surface area (Å²) >= 11 is 6.55. The third-order valence-electron chi connectivity index (χ3n) is 4.29. The van der Waals surface area contributed by atoms with Gasteiger partial charge in [0, 0.05) is 13.0 Å². The molecule has 2 aromatic carbocycles. The number of carbonyl (C=O) groups excluding carboxylic acids is 1. The zero-order valence-corrected chi connectivity index (χ0v) is 16.5. The molecule has 1 heterocycles. The van der Waals surface area contributed by atoms with Crippen LogP contribution in [0.3, 0.4) is 0 Å². The fraction of sp³-hybridized carbons (Fsp3) is 0.190. The number of carbonyl (C=O) groups is 2. The maximum Gasteiger partial charge on any atom is 0.303 e. The van der Waals surface area contributed by atoms with Gasteiger partial charge >= 0.3 is 5.97 Å². The summed E-state index contributed by atoms with van der Waals surface area (Å²) in [4.78, 5) is 25.3. The number of thioether (sulfide) groups is 1. The molecule has 1 aliphatic rings. The summed E-state index contributed by atoms with van der Waals surface area (Å²) < 4.78 is 0.478. The highest BCUT2D eigenvalue weighted by atomic mass is 32.2. The first kappa shape index (κ1) is 19.3. The topological polar surface area (TPSA) is 57.6 Å². The largest absolute Gasteiger partial charge is 0.481 e. The predicted octanol–water partition coefficient (Wildman–Crippen LogP) is 4.73. The van der Waals surface area contributed by atoms with Gasteiger partial charge in [0.2, 0.25) is 0 Å². The molecule has 0 aliphatic carbocycles. The average Bonchev–Trinajstić information content (AvgIpc) is 2.89. The van der Waals surface area contributed by atoms with Crippen LogP contribution in [0.2, 0.25) is 0 Å². The van der Waals surface area contributed by atoms with Gasteiger partial charge in [-0.05, 0) is 47.7 Å². The van der Waals surface area contributed by atoms with Gasteiger partial charge < -0.3 is 5.11 Å². The highest BCUT2D eigenvalue weighted by Crippen LogP contribution is 2.33. The number of nitrogens with zero attached hydrogens (tertiary/aromatic N) is 1. The molecule has 1 amide bonds. The van der Waals surface area contributed by atoms with Crippen LogP contribution in [-0.4, -0.2) is 32.7 Å². The minimum Gasteiger partial charge on any atom is -0.481 e. The van der Waals surface area contributed by atoms with Crippen LogP contribution in [0.5, 0.6) is 0 Å². The molecule has 6 heteroatoms. The standard InChI is InChI=1S/C21H19NO3S2/c1-14-6-2-3-9-17(14)16-8-4-7-15(12-16)13-18-20(25)22(21(26)27-18)11-5-10-19(23)24/h2-4,6-9,12-13H,5,10-11H2,1H3,(H,23,24). The van der Waals surface area contributed by atoms with Crippen LogP contribution in [-0.2, 0) is 9.59 Å². The Labute approximate surface area is 167 Å². The summed E-state index contributed by atoms with van der Waals surface area (Å²) in [7, 11) is 0. The Balaban J connectivity index is 1.80. The second-order valence-electron chi connectivity index (χ2n) is 6.27. The molecule has 0 bridgehead atoms. The number of hydrogen-bond acceptors (Lipinski definition) is 4. The van der Waals surface area contributed by atoms with Crippen molar-refractivity contribution in [3.8, 4) is 11.1 Å². The molecule has 27 heavy (non-hydrogen) atoms. The monoisotopic (exact) mass is 397 g/mol. The van der Waals surface area contributed by atoms with E-state index in [4.69, 9.17) is 17.3 Å². The Morgan fingerprint density at radius 2 is 2.00 bits per heavy atom. The lowest BCUT2D eigenvalue weighted by Gasteiger charge is -2.13. The van der Waals surface area contributed by atoms with E-state index >= 15 is 0 Å². The van der Waals surface area contributed by atoms with Gasteiger partial charge in [-0.15, -0.1) is 0 Å². The minimum absolute atomic E-state index is 0.0224. The summed E-state index contributed by atoms with van der Waals surface area (Å²) in [5.41, 5.74) is 4.38. The first-order valence-electron chi connectivity index (χ1n) is 8.59. The van der Waals surface area contributed by atoms with Crippen molar-refractivity contribution >= 4 is 46.3 Å². The molecule has 0 aromatic heterocycles. The maximum atomic E-state index is 12.6. The molecule has 138 valence electrons. The van der Waals surface area contributed by atoms with Gasteiger partial charge in [-0.25, -0.2) is 0 Å². The van der Waals surface area contributed by atoms with E-state index < -0.39 is 5.97 Å². The van der Waals surface area contributed by atoms with Gasteiger partial charge in [-0.2, -0.15) is 0 Å². The predicted molar refractivity (Wildman–Crippen MR) is 113 cm³/mol. The maximum absolute atomic E-state index is 12.6. The smallest absolute Gasteiger partial charge is 0.303 e. The van der Waals surface area contributed by atoms with Crippen molar-refractivity contribution in [2.45, 2.75) is 19.8 Å². The van der Waals surface area contributed by atoms with Crippen molar-refractivity contribution < 1.29 is 14.7 Å². The third-order valence-corrected chi connectivity index (χ3v) is 5.66. The van der Waals surface area contributed by atoms with Crippen molar-refractivity contribution in [1.29, 1.82) is 0 Å². The van der Waals surface area contributed by atoms with Gasteiger partial charge in [0.25, 0.3) is 5.91 Å². The molecule has 1 fully saturated rings. The summed E-state index contributed by atoms with van der Waals surface area (Å²) in [6.07, 6.45) is 2.25. The first-order chi connectivity index (χ1) is 13.0. The van der Waals surface area contributed by atoms with E-state index in [1.165, 1.54) is 22.2 Å². The quantitative estimate of drug-likeness (QED) is 0.564. The van der Waals surface area contributed by atoms with Gasteiger partial charge in [-0.3, -0.25) is 14.5 Å². The Hall–Kier alpha value is -2.44. The van der Waals surface area contributed by atoms with E-state index in [1.54, 1.807) is 0 Å². The van der Waals surface area contributed by atoms with Crippen LogP contribution in [0.25, 0.3) is 17.2 Å². The lowest BCUT2D eigenvalue weighted by atomic mass is 9.99. The van der Waals surface area contributed by atoms with Crippen LogP contribution in [0.1, 0.15) is 24.0 Å². The molecule has 1 aliphatic heterocycles. The number of aryl methyl sites for hydroxylation is 1. The highest BCUT2D eigenvalue weighted by Gasteiger charge is 2.31. The van der Waals surface area contributed by atoms with E-state index in [1.807, 2.05) is 30.3 Å². The Kier molecular flexibility index (Phi) is 6.08. The molecule has 0 unspecified atom stereocenters. The van der Waals surface area contributed by atoms with E-state index in [9.17, 15) is 9.59 Å². The zero-order chi connectivity index (χ0) is 19.4. The van der Waals surface area contributed by atoms with Gasteiger partial charge in [0.1, 0.15) is 4.32 Å². The number of rotatable bonds is 6. The number of thiocarbonyl (C=S) groups is 1. The Bertz CT molecular complexity index is 937. The van der Waals surface area contributed by atoms with Crippen molar-refractivity contribution in [2.75, 3.05) is 6.54 Å². The Morgan fingerprint density at radius 3 is 2.74 bits per heavy atom. The summed E-state index contributed by atoms with van der Waals surface area (Å²) in [6.45, 7) is 2.40. The highest BCUT2D eigenvalue weighted by molar-refractivity contribution is 8.26. The normalized spacial score (nSPS) is 15.6. The molecule has 3 rings (SSSR count). The molecule has 2 aromatic rings. The van der Waals surface area contributed by atoms with Gasteiger partial charge in [0.05, 0.1) is 4.91 Å². The third kappa shape index (κ3) is 4.64. The van der Waals surface area contributed by atoms with E-state index in [0.29, 0.717) is 22.2 Å². The number of aliphatic carboxylic acids is 1. The number of carboxylic acids is 1. The lowest BCUT2D eigenvalue weighted by molar-refractivity contribution is -0.137. The van der Waals surface area contributed by atoms with Crippen LogP contribution in [0.4, 0.5) is 0 Å². The van der Waals surface area contributed by atoms with Gasteiger partial charge in [0.15, 0.2) is 0 Å². The van der Waals surface area contributed by atoms with E-state index in [-0.39, 0.29) is 12.3 Å². The molecule has 0 radical (unpaired) electrons. The summed E-state index contributed by atoms with van der Waals surface area (Å²) in [5, 5.41) is 8.75. The molecular weight excluding hydrogens is 378 g/mol. The number of benzene rings is 2. The first-order valence-corrected chi connectivity index (χ1v) is 9.81. The van der Waals surface area contributed by atoms with Gasteiger partial charge in [-0.1, -0.05) is 66.4 Å².